The number of halogens is 1. The zero-order valence-corrected chi connectivity index (χ0v) is 11.9. The number of rotatable bonds is 5. The predicted octanol–water partition coefficient (Wildman–Crippen LogP) is 2.00. The molecule has 5 nitrogen and oxygen atoms in total. The van der Waals surface area contributed by atoms with Crippen LogP contribution in [0.15, 0.2) is 41.4 Å². The first-order valence-electron chi connectivity index (χ1n) is 5.68. The van der Waals surface area contributed by atoms with Gasteiger partial charge in [0.2, 0.25) is 0 Å². The molecule has 2 rings (SSSR count). The molecule has 0 aliphatic rings. The summed E-state index contributed by atoms with van der Waals surface area (Å²) in [7, 11) is -1.91. The van der Waals surface area contributed by atoms with Crippen molar-refractivity contribution in [2.24, 2.45) is 7.05 Å². The van der Waals surface area contributed by atoms with Gasteiger partial charge in [0, 0.05) is 19.0 Å². The Morgan fingerprint density at radius 2 is 1.95 bits per heavy atom. The summed E-state index contributed by atoms with van der Waals surface area (Å²) in [6.45, 7) is 0. The normalized spacial score (nSPS) is 11.5. The maximum atomic E-state index is 12.1. The van der Waals surface area contributed by atoms with Gasteiger partial charge in [0.1, 0.15) is 5.82 Å². The molecule has 7 heteroatoms. The number of aryl methyl sites for hydroxylation is 2. The molecule has 0 amide bonds. The van der Waals surface area contributed by atoms with Crippen LogP contribution in [0.5, 0.6) is 0 Å². The summed E-state index contributed by atoms with van der Waals surface area (Å²) in [6.07, 6.45) is 2.25. The summed E-state index contributed by atoms with van der Waals surface area (Å²) in [6, 6.07) is 8.26. The standard InChI is InChI=1S/C12H14ClN3O2S/c1-16-12(7-9-14-16)15-19(17,18)11-4-2-10(3-5-11)6-8-13/h2-5,7,9,15H,6,8H2,1H3. The van der Waals surface area contributed by atoms with Gasteiger partial charge in [-0.1, -0.05) is 12.1 Å². The molecular formula is C12H14ClN3O2S. The molecule has 0 spiro atoms. The molecule has 0 aliphatic carbocycles. The molecule has 0 atom stereocenters. The molecule has 0 fully saturated rings. The highest BCUT2D eigenvalue weighted by Gasteiger charge is 2.15. The Hall–Kier alpha value is -1.53. The van der Waals surface area contributed by atoms with Crippen molar-refractivity contribution in [3.05, 3.63) is 42.1 Å². The third kappa shape index (κ3) is 3.27. The van der Waals surface area contributed by atoms with Gasteiger partial charge in [-0.05, 0) is 24.1 Å². The maximum absolute atomic E-state index is 12.1. The number of nitrogens with one attached hydrogen (secondary N) is 1. The monoisotopic (exact) mass is 299 g/mol. The molecule has 0 bridgehead atoms. The van der Waals surface area contributed by atoms with E-state index in [4.69, 9.17) is 11.6 Å². The minimum atomic E-state index is -3.58. The second kappa shape index (κ2) is 5.63. The minimum Gasteiger partial charge on any atom is -0.264 e. The Labute approximate surface area is 117 Å². The van der Waals surface area contributed by atoms with Crippen LogP contribution in [0.1, 0.15) is 5.56 Å². The first-order valence-corrected chi connectivity index (χ1v) is 7.70. The van der Waals surface area contributed by atoms with E-state index < -0.39 is 10.0 Å². The van der Waals surface area contributed by atoms with Crippen molar-refractivity contribution in [3.63, 3.8) is 0 Å². The van der Waals surface area contributed by atoms with Gasteiger partial charge in [-0.2, -0.15) is 5.10 Å². The third-order valence-electron chi connectivity index (χ3n) is 2.68. The zero-order chi connectivity index (χ0) is 13.9. The van der Waals surface area contributed by atoms with Crippen LogP contribution in [0.25, 0.3) is 0 Å². The van der Waals surface area contributed by atoms with E-state index in [1.54, 1.807) is 37.4 Å². The van der Waals surface area contributed by atoms with Crippen LogP contribution in [0.4, 0.5) is 5.82 Å². The van der Waals surface area contributed by atoms with E-state index in [0.29, 0.717) is 11.7 Å². The van der Waals surface area contributed by atoms with E-state index in [2.05, 4.69) is 9.82 Å². The minimum absolute atomic E-state index is 0.215. The van der Waals surface area contributed by atoms with Crippen LogP contribution in [0.3, 0.4) is 0 Å². The second-order valence-electron chi connectivity index (χ2n) is 4.03. The van der Waals surface area contributed by atoms with Gasteiger partial charge in [-0.3, -0.25) is 9.40 Å². The topological polar surface area (TPSA) is 64.0 Å². The van der Waals surface area contributed by atoms with E-state index in [-0.39, 0.29) is 4.90 Å². The van der Waals surface area contributed by atoms with Crippen molar-refractivity contribution in [3.8, 4) is 0 Å². The third-order valence-corrected chi connectivity index (χ3v) is 4.24. The Bertz CT molecular complexity index is 650. The summed E-state index contributed by atoms with van der Waals surface area (Å²) in [5.74, 6) is 0.934. The number of hydrogen-bond acceptors (Lipinski definition) is 3. The fourth-order valence-electron chi connectivity index (χ4n) is 1.62. The number of hydrogen-bond donors (Lipinski definition) is 1. The summed E-state index contributed by atoms with van der Waals surface area (Å²) < 4.78 is 28.2. The fraction of sp³-hybridized carbons (Fsp3) is 0.250. The molecule has 1 aromatic carbocycles. The summed E-state index contributed by atoms with van der Waals surface area (Å²) in [5.41, 5.74) is 1.01. The van der Waals surface area contributed by atoms with Gasteiger partial charge in [-0.15, -0.1) is 11.6 Å². The molecule has 0 aliphatic heterocycles. The number of anilines is 1. The predicted molar refractivity (Wildman–Crippen MR) is 74.9 cm³/mol. The quantitative estimate of drug-likeness (QED) is 0.859. The summed E-state index contributed by atoms with van der Waals surface area (Å²) >= 11 is 5.64. The lowest BCUT2D eigenvalue weighted by Gasteiger charge is -2.08. The molecule has 19 heavy (non-hydrogen) atoms. The number of alkyl halides is 1. The van der Waals surface area contributed by atoms with E-state index >= 15 is 0 Å². The molecular weight excluding hydrogens is 286 g/mol. The van der Waals surface area contributed by atoms with Crippen molar-refractivity contribution in [2.45, 2.75) is 11.3 Å². The lowest BCUT2D eigenvalue weighted by atomic mass is 10.2. The number of sulfonamides is 1. The SMILES string of the molecule is Cn1nccc1NS(=O)(=O)c1ccc(CCCl)cc1. The van der Waals surface area contributed by atoms with Crippen molar-refractivity contribution >= 4 is 27.4 Å². The zero-order valence-electron chi connectivity index (χ0n) is 10.4. The lowest BCUT2D eigenvalue weighted by Crippen LogP contribution is -2.15. The Balaban J connectivity index is 2.22. The maximum Gasteiger partial charge on any atom is 0.263 e. The second-order valence-corrected chi connectivity index (χ2v) is 6.09. The number of aromatic nitrogens is 2. The highest BCUT2D eigenvalue weighted by Crippen LogP contribution is 2.16. The van der Waals surface area contributed by atoms with Gasteiger partial charge in [0.15, 0.2) is 0 Å². The van der Waals surface area contributed by atoms with Gasteiger partial charge >= 0.3 is 0 Å². The first-order chi connectivity index (χ1) is 9.03. The molecule has 1 aromatic heterocycles. The van der Waals surface area contributed by atoms with Crippen LogP contribution < -0.4 is 4.72 Å². The summed E-state index contributed by atoms with van der Waals surface area (Å²) in [5, 5.41) is 3.91. The molecule has 0 saturated heterocycles. The fourth-order valence-corrected chi connectivity index (χ4v) is 2.92. The van der Waals surface area contributed by atoms with Gasteiger partial charge < -0.3 is 0 Å². The summed E-state index contributed by atoms with van der Waals surface area (Å²) in [4.78, 5) is 0.215. The Morgan fingerprint density at radius 3 is 2.47 bits per heavy atom. The molecule has 1 heterocycles. The first kappa shape index (κ1) is 13.9. The van der Waals surface area contributed by atoms with Crippen LogP contribution in [0, 0.1) is 0 Å². The van der Waals surface area contributed by atoms with Crippen LogP contribution >= 0.6 is 11.6 Å². The average molecular weight is 300 g/mol. The van der Waals surface area contributed by atoms with E-state index in [0.717, 1.165) is 12.0 Å². The smallest absolute Gasteiger partial charge is 0.263 e. The molecule has 1 N–H and O–H groups in total. The Morgan fingerprint density at radius 1 is 1.26 bits per heavy atom. The molecule has 0 unspecified atom stereocenters. The van der Waals surface area contributed by atoms with Crippen molar-refractivity contribution < 1.29 is 8.42 Å². The number of benzene rings is 1. The van der Waals surface area contributed by atoms with E-state index in [1.165, 1.54) is 10.9 Å². The molecule has 2 aromatic rings. The highest BCUT2D eigenvalue weighted by molar-refractivity contribution is 7.92. The van der Waals surface area contributed by atoms with Crippen molar-refractivity contribution in [1.29, 1.82) is 0 Å². The van der Waals surface area contributed by atoms with Crippen molar-refractivity contribution in [1.82, 2.24) is 9.78 Å². The lowest BCUT2D eigenvalue weighted by molar-refractivity contribution is 0.600. The van der Waals surface area contributed by atoms with Crippen LogP contribution in [-0.4, -0.2) is 24.1 Å². The molecule has 0 saturated carbocycles. The van der Waals surface area contributed by atoms with Gasteiger partial charge in [0.25, 0.3) is 10.0 Å². The van der Waals surface area contributed by atoms with Crippen LogP contribution in [0.2, 0.25) is 0 Å². The van der Waals surface area contributed by atoms with E-state index in [1.807, 2.05) is 0 Å². The van der Waals surface area contributed by atoms with E-state index in [9.17, 15) is 8.42 Å². The van der Waals surface area contributed by atoms with Crippen molar-refractivity contribution in [2.75, 3.05) is 10.6 Å². The average Bonchev–Trinajstić information content (AvgIpc) is 2.75. The molecule has 102 valence electrons. The molecule has 0 radical (unpaired) electrons. The largest absolute Gasteiger partial charge is 0.264 e. The number of nitrogens with zero attached hydrogens (tertiary/aromatic N) is 2. The highest BCUT2D eigenvalue weighted by atomic mass is 35.5. The van der Waals surface area contributed by atoms with Gasteiger partial charge in [-0.25, -0.2) is 8.42 Å². The Kier molecular flexibility index (Phi) is 4.11. The van der Waals surface area contributed by atoms with Crippen LogP contribution in [-0.2, 0) is 23.5 Å². The van der Waals surface area contributed by atoms with Gasteiger partial charge in [0.05, 0.1) is 11.1 Å².